The van der Waals surface area contributed by atoms with Crippen LogP contribution in [-0.2, 0) is 10.0 Å². The Labute approximate surface area is 136 Å². The van der Waals surface area contributed by atoms with Gasteiger partial charge in [-0.3, -0.25) is 4.31 Å². The number of aromatic carboxylic acids is 1. The summed E-state index contributed by atoms with van der Waals surface area (Å²) < 4.78 is 27.4. The van der Waals surface area contributed by atoms with E-state index in [2.05, 4.69) is 0 Å². The van der Waals surface area contributed by atoms with Crippen molar-refractivity contribution in [2.75, 3.05) is 10.8 Å². The average molecular weight is 333 g/mol. The van der Waals surface area contributed by atoms with Crippen molar-refractivity contribution in [3.8, 4) is 0 Å². The summed E-state index contributed by atoms with van der Waals surface area (Å²) in [5.74, 6) is -1.15. The van der Waals surface area contributed by atoms with E-state index in [1.807, 2.05) is 6.07 Å². The van der Waals surface area contributed by atoms with Gasteiger partial charge in [-0.15, -0.1) is 0 Å². The Hall–Kier alpha value is -2.34. The summed E-state index contributed by atoms with van der Waals surface area (Å²) in [5, 5.41) is 9.19. The molecule has 6 heteroatoms. The third-order valence-corrected chi connectivity index (χ3v) is 5.80. The molecule has 0 spiro atoms. The van der Waals surface area contributed by atoms with Gasteiger partial charge in [-0.1, -0.05) is 18.2 Å². The third kappa shape index (κ3) is 3.22. The van der Waals surface area contributed by atoms with Gasteiger partial charge in [0.05, 0.1) is 16.1 Å². The number of carboxylic acid groups (broad SMARTS) is 1. The monoisotopic (exact) mass is 333 g/mol. The van der Waals surface area contributed by atoms with Crippen LogP contribution in [0.2, 0.25) is 0 Å². The molecule has 23 heavy (non-hydrogen) atoms. The minimum absolute atomic E-state index is 0.0283. The first-order valence-corrected chi connectivity index (χ1v) is 8.65. The lowest BCUT2D eigenvalue weighted by Crippen LogP contribution is -2.31. The van der Waals surface area contributed by atoms with Crippen LogP contribution in [-0.4, -0.2) is 26.0 Å². The SMILES string of the molecule is CCN(c1ccccc1)S(=O)(=O)c1cc(C(=O)O)cc(C)c1C. The summed E-state index contributed by atoms with van der Waals surface area (Å²) in [4.78, 5) is 11.3. The summed E-state index contributed by atoms with van der Waals surface area (Å²) in [6.45, 7) is 5.39. The van der Waals surface area contributed by atoms with Gasteiger partial charge in [-0.25, -0.2) is 13.2 Å². The van der Waals surface area contributed by atoms with E-state index in [1.165, 1.54) is 16.4 Å². The van der Waals surface area contributed by atoms with Gasteiger partial charge in [-0.05, 0) is 56.2 Å². The lowest BCUT2D eigenvalue weighted by Gasteiger charge is -2.24. The molecule has 2 rings (SSSR count). The summed E-state index contributed by atoms with van der Waals surface area (Å²) in [6, 6.07) is 11.5. The van der Waals surface area contributed by atoms with Gasteiger partial charge >= 0.3 is 5.97 Å². The van der Waals surface area contributed by atoms with Gasteiger partial charge in [0.25, 0.3) is 10.0 Å². The van der Waals surface area contributed by atoms with Gasteiger partial charge in [0, 0.05) is 6.54 Å². The second-order valence-electron chi connectivity index (χ2n) is 5.23. The van der Waals surface area contributed by atoms with Gasteiger partial charge < -0.3 is 5.11 Å². The molecule has 0 atom stereocenters. The first-order chi connectivity index (χ1) is 10.8. The van der Waals surface area contributed by atoms with E-state index in [0.717, 1.165) is 0 Å². The van der Waals surface area contributed by atoms with Crippen molar-refractivity contribution in [2.24, 2.45) is 0 Å². The lowest BCUT2D eigenvalue weighted by molar-refractivity contribution is 0.0696. The Morgan fingerprint density at radius 2 is 1.74 bits per heavy atom. The molecule has 0 aliphatic heterocycles. The number of sulfonamides is 1. The highest BCUT2D eigenvalue weighted by molar-refractivity contribution is 7.92. The molecule has 0 radical (unpaired) electrons. The first kappa shape index (κ1) is 17.0. The number of para-hydroxylation sites is 1. The first-order valence-electron chi connectivity index (χ1n) is 7.21. The number of aryl methyl sites for hydroxylation is 1. The molecule has 0 saturated heterocycles. The fourth-order valence-corrected chi connectivity index (χ4v) is 4.22. The largest absolute Gasteiger partial charge is 0.478 e. The van der Waals surface area contributed by atoms with Gasteiger partial charge in [-0.2, -0.15) is 0 Å². The molecule has 122 valence electrons. The van der Waals surface area contributed by atoms with Crippen LogP contribution in [0.3, 0.4) is 0 Å². The molecule has 0 bridgehead atoms. The maximum atomic E-state index is 13.0. The van der Waals surface area contributed by atoms with Crippen molar-refractivity contribution >= 4 is 21.7 Å². The van der Waals surface area contributed by atoms with E-state index < -0.39 is 16.0 Å². The molecule has 2 aromatic rings. The van der Waals surface area contributed by atoms with Crippen molar-refractivity contribution in [1.29, 1.82) is 0 Å². The molecule has 0 fully saturated rings. The van der Waals surface area contributed by atoms with E-state index in [4.69, 9.17) is 0 Å². The predicted molar refractivity (Wildman–Crippen MR) is 89.5 cm³/mol. The molecule has 0 saturated carbocycles. The Morgan fingerprint density at radius 3 is 2.26 bits per heavy atom. The van der Waals surface area contributed by atoms with Crippen LogP contribution in [0.25, 0.3) is 0 Å². The van der Waals surface area contributed by atoms with Crippen LogP contribution in [0.1, 0.15) is 28.4 Å². The number of nitrogens with zero attached hydrogens (tertiary/aromatic N) is 1. The van der Waals surface area contributed by atoms with Crippen LogP contribution < -0.4 is 4.31 Å². The molecule has 0 aliphatic rings. The number of hydrogen-bond acceptors (Lipinski definition) is 3. The Kier molecular flexibility index (Phi) is 4.75. The molecule has 0 amide bonds. The zero-order chi connectivity index (χ0) is 17.2. The van der Waals surface area contributed by atoms with Crippen molar-refractivity contribution in [3.05, 3.63) is 59.2 Å². The van der Waals surface area contributed by atoms with Crippen LogP contribution in [0, 0.1) is 13.8 Å². The van der Waals surface area contributed by atoms with Crippen LogP contribution >= 0.6 is 0 Å². The lowest BCUT2D eigenvalue weighted by atomic mass is 10.1. The zero-order valence-electron chi connectivity index (χ0n) is 13.3. The summed E-state index contributed by atoms with van der Waals surface area (Å²) in [5.41, 5.74) is 1.71. The molecular formula is C17H19NO4S. The van der Waals surface area contributed by atoms with E-state index in [0.29, 0.717) is 16.8 Å². The van der Waals surface area contributed by atoms with E-state index in [1.54, 1.807) is 45.0 Å². The number of hydrogen-bond donors (Lipinski definition) is 1. The highest BCUT2D eigenvalue weighted by Gasteiger charge is 2.27. The second-order valence-corrected chi connectivity index (χ2v) is 7.06. The number of rotatable bonds is 5. The molecule has 5 nitrogen and oxygen atoms in total. The number of anilines is 1. The number of benzene rings is 2. The number of carbonyl (C=O) groups is 1. The normalized spacial score (nSPS) is 11.3. The van der Waals surface area contributed by atoms with Crippen LogP contribution in [0.15, 0.2) is 47.4 Å². The van der Waals surface area contributed by atoms with E-state index in [-0.39, 0.29) is 17.0 Å². The molecule has 0 aliphatic carbocycles. The molecule has 0 aromatic heterocycles. The molecule has 0 heterocycles. The topological polar surface area (TPSA) is 74.7 Å². The minimum Gasteiger partial charge on any atom is -0.478 e. The quantitative estimate of drug-likeness (QED) is 0.911. The smallest absolute Gasteiger partial charge is 0.335 e. The fourth-order valence-electron chi connectivity index (χ4n) is 2.42. The Balaban J connectivity index is 2.65. The van der Waals surface area contributed by atoms with Gasteiger partial charge in [0.2, 0.25) is 0 Å². The maximum Gasteiger partial charge on any atom is 0.335 e. The molecule has 2 aromatic carbocycles. The van der Waals surface area contributed by atoms with Crippen LogP contribution in [0.4, 0.5) is 5.69 Å². The summed E-state index contributed by atoms with van der Waals surface area (Å²) >= 11 is 0. The summed E-state index contributed by atoms with van der Waals surface area (Å²) in [7, 11) is -3.84. The molecular weight excluding hydrogens is 314 g/mol. The molecule has 1 N–H and O–H groups in total. The standard InChI is InChI=1S/C17H19NO4S/c1-4-18(15-8-6-5-7-9-15)23(21,22)16-11-14(17(19)20)10-12(2)13(16)3/h5-11H,4H2,1-3H3,(H,19,20). The Morgan fingerprint density at radius 1 is 1.13 bits per heavy atom. The summed E-state index contributed by atoms with van der Waals surface area (Å²) in [6.07, 6.45) is 0. The van der Waals surface area contributed by atoms with Crippen molar-refractivity contribution < 1.29 is 18.3 Å². The molecule has 0 unspecified atom stereocenters. The Bertz CT molecular complexity index is 829. The van der Waals surface area contributed by atoms with Crippen molar-refractivity contribution in [1.82, 2.24) is 0 Å². The highest BCUT2D eigenvalue weighted by atomic mass is 32.2. The average Bonchev–Trinajstić information content (AvgIpc) is 2.51. The highest BCUT2D eigenvalue weighted by Crippen LogP contribution is 2.28. The maximum absolute atomic E-state index is 13.0. The van der Waals surface area contributed by atoms with Crippen LogP contribution in [0.5, 0.6) is 0 Å². The fraction of sp³-hybridized carbons (Fsp3) is 0.235. The van der Waals surface area contributed by atoms with E-state index in [9.17, 15) is 18.3 Å². The second kappa shape index (κ2) is 6.42. The van der Waals surface area contributed by atoms with Gasteiger partial charge in [0.15, 0.2) is 0 Å². The predicted octanol–water partition coefficient (Wildman–Crippen LogP) is 3.22. The van der Waals surface area contributed by atoms with Crippen molar-refractivity contribution in [2.45, 2.75) is 25.7 Å². The number of carboxylic acids is 1. The third-order valence-electron chi connectivity index (χ3n) is 3.77. The zero-order valence-corrected chi connectivity index (χ0v) is 14.1. The van der Waals surface area contributed by atoms with Gasteiger partial charge in [0.1, 0.15) is 0 Å². The van der Waals surface area contributed by atoms with E-state index >= 15 is 0 Å². The van der Waals surface area contributed by atoms with Crippen molar-refractivity contribution in [3.63, 3.8) is 0 Å². The minimum atomic E-state index is -3.84.